The second kappa shape index (κ2) is 8.19. The van der Waals surface area contributed by atoms with Gasteiger partial charge in [0, 0.05) is 5.56 Å². The predicted octanol–water partition coefficient (Wildman–Crippen LogP) is 3.45. The highest BCUT2D eigenvalue weighted by atomic mass is 32.2. The van der Waals surface area contributed by atoms with Crippen LogP contribution in [0.1, 0.15) is 12.5 Å². The van der Waals surface area contributed by atoms with Crippen molar-refractivity contribution in [1.82, 2.24) is 4.90 Å². The molecule has 0 spiro atoms. The Hall–Kier alpha value is -3.24. The van der Waals surface area contributed by atoms with E-state index in [2.05, 4.69) is 10.7 Å². The fourth-order valence-corrected chi connectivity index (χ4v) is 3.78. The summed E-state index contributed by atoms with van der Waals surface area (Å²) in [5.74, 6) is 1.70. The van der Waals surface area contributed by atoms with Crippen molar-refractivity contribution < 1.29 is 23.9 Å². The molecule has 0 aromatic heterocycles. The third-order valence-corrected chi connectivity index (χ3v) is 5.15. The van der Waals surface area contributed by atoms with E-state index >= 15 is 0 Å². The quantitative estimate of drug-likeness (QED) is 0.439. The van der Waals surface area contributed by atoms with Crippen LogP contribution in [0.5, 0.6) is 5.75 Å². The van der Waals surface area contributed by atoms with Crippen molar-refractivity contribution >= 4 is 45.7 Å². The van der Waals surface area contributed by atoms with Crippen LogP contribution in [-0.4, -0.2) is 41.8 Å². The maximum absolute atomic E-state index is 12.8. The van der Waals surface area contributed by atoms with Gasteiger partial charge >= 0.3 is 5.97 Å². The summed E-state index contributed by atoms with van der Waals surface area (Å²) in [6.45, 7) is 1.52. The molecule has 1 aliphatic rings. The lowest BCUT2D eigenvalue weighted by molar-refractivity contribution is -0.148. The number of thioether (sulfide) groups is 1. The summed E-state index contributed by atoms with van der Waals surface area (Å²) in [5.41, 5.74) is 0.643. The van der Waals surface area contributed by atoms with Gasteiger partial charge in [-0.25, -0.2) is 4.79 Å². The third-order valence-electron chi connectivity index (χ3n) is 4.27. The van der Waals surface area contributed by atoms with Gasteiger partial charge in [0.05, 0.1) is 12.0 Å². The molecule has 0 N–H and O–H groups in total. The van der Waals surface area contributed by atoms with Crippen molar-refractivity contribution in [3.8, 4) is 18.1 Å². The van der Waals surface area contributed by atoms with Crippen LogP contribution in [0.25, 0.3) is 16.8 Å². The molecular weight excluding hydrogens is 378 g/mol. The van der Waals surface area contributed by atoms with Gasteiger partial charge in [0.2, 0.25) is 0 Å². The first-order valence-electron chi connectivity index (χ1n) is 8.40. The lowest BCUT2D eigenvalue weighted by Crippen LogP contribution is -2.42. The van der Waals surface area contributed by atoms with E-state index in [4.69, 9.17) is 11.2 Å². The van der Waals surface area contributed by atoms with E-state index in [1.165, 1.54) is 14.0 Å². The van der Waals surface area contributed by atoms with Crippen molar-refractivity contribution in [3.05, 3.63) is 46.9 Å². The number of methoxy groups -OCH3 is 1. The van der Waals surface area contributed by atoms with Crippen molar-refractivity contribution in [2.45, 2.75) is 13.0 Å². The summed E-state index contributed by atoms with van der Waals surface area (Å²) in [6.07, 6.45) is 6.89. The van der Waals surface area contributed by atoms with E-state index in [0.29, 0.717) is 11.3 Å². The second-order valence-electron chi connectivity index (χ2n) is 5.94. The number of nitrogens with zero attached hydrogens (tertiary/aromatic N) is 1. The van der Waals surface area contributed by atoms with Crippen LogP contribution in [0, 0.1) is 12.3 Å². The zero-order valence-electron chi connectivity index (χ0n) is 15.3. The van der Waals surface area contributed by atoms with E-state index in [0.717, 1.165) is 27.4 Å². The average molecular weight is 395 g/mol. The Balaban J connectivity index is 2.07. The summed E-state index contributed by atoms with van der Waals surface area (Å²) in [6, 6.07) is 10.3. The number of esters is 1. The number of imide groups is 1. The Kier molecular flexibility index (Phi) is 5.71. The number of terminal acetylenes is 1. The third kappa shape index (κ3) is 3.59. The van der Waals surface area contributed by atoms with E-state index < -0.39 is 23.2 Å². The summed E-state index contributed by atoms with van der Waals surface area (Å²) >= 11 is 0.769. The SMILES string of the molecule is C#CCOc1ccc2ccccc2c1/C=C1/SC(=O)N([C@@H](C)C(=O)OC)C1=O. The molecule has 1 fully saturated rings. The van der Waals surface area contributed by atoms with Gasteiger partial charge < -0.3 is 9.47 Å². The van der Waals surface area contributed by atoms with Gasteiger partial charge in [-0.2, -0.15) is 0 Å². The second-order valence-corrected chi connectivity index (χ2v) is 6.94. The number of benzene rings is 2. The fraction of sp³-hybridized carbons (Fsp3) is 0.190. The van der Waals surface area contributed by atoms with Gasteiger partial charge in [0.1, 0.15) is 18.4 Å². The van der Waals surface area contributed by atoms with E-state index in [9.17, 15) is 14.4 Å². The zero-order valence-corrected chi connectivity index (χ0v) is 16.1. The van der Waals surface area contributed by atoms with Crippen LogP contribution in [-0.2, 0) is 14.3 Å². The number of ether oxygens (including phenoxy) is 2. The Morgan fingerprint density at radius 1 is 1.29 bits per heavy atom. The maximum atomic E-state index is 12.8. The number of rotatable bonds is 5. The summed E-state index contributed by atoms with van der Waals surface area (Å²) in [4.78, 5) is 38.0. The molecule has 0 unspecified atom stereocenters. The highest BCUT2D eigenvalue weighted by molar-refractivity contribution is 8.18. The Morgan fingerprint density at radius 2 is 2.04 bits per heavy atom. The molecule has 0 radical (unpaired) electrons. The van der Waals surface area contributed by atoms with Gasteiger partial charge in [-0.05, 0) is 41.6 Å². The van der Waals surface area contributed by atoms with Gasteiger partial charge in [0.15, 0.2) is 0 Å². The van der Waals surface area contributed by atoms with Crippen LogP contribution in [0.15, 0.2) is 41.3 Å². The number of amides is 2. The largest absolute Gasteiger partial charge is 0.480 e. The molecule has 7 heteroatoms. The minimum absolute atomic E-state index is 0.0695. The first kappa shape index (κ1) is 19.5. The average Bonchev–Trinajstić information content (AvgIpc) is 2.99. The molecule has 0 saturated carbocycles. The molecule has 0 bridgehead atoms. The van der Waals surface area contributed by atoms with Crippen LogP contribution in [0.2, 0.25) is 0 Å². The molecule has 1 atom stereocenters. The van der Waals surface area contributed by atoms with E-state index in [1.54, 1.807) is 12.1 Å². The smallest absolute Gasteiger partial charge is 0.328 e. The topological polar surface area (TPSA) is 72.9 Å². The Morgan fingerprint density at radius 3 is 2.75 bits per heavy atom. The number of carbonyl (C=O) groups is 3. The molecule has 2 amide bonds. The van der Waals surface area contributed by atoms with Crippen molar-refractivity contribution in [3.63, 3.8) is 0 Å². The lowest BCUT2D eigenvalue weighted by Gasteiger charge is -2.18. The molecule has 28 heavy (non-hydrogen) atoms. The molecule has 0 aliphatic carbocycles. The van der Waals surface area contributed by atoms with E-state index in [-0.39, 0.29) is 11.5 Å². The minimum atomic E-state index is -1.01. The standard InChI is InChI=1S/C21H17NO5S/c1-4-11-27-17-10-9-14-7-5-6-8-15(14)16(17)12-18-19(23)22(21(25)28-18)13(2)20(24)26-3/h1,5-10,12-13H,11H2,2-3H3/b18-12+/t13-/m0/s1. The zero-order chi connectivity index (χ0) is 20.3. The van der Waals surface area contributed by atoms with Crippen molar-refractivity contribution in [2.24, 2.45) is 0 Å². The number of fused-ring (bicyclic) bond motifs is 1. The molecule has 2 aromatic rings. The molecule has 1 saturated heterocycles. The van der Waals surface area contributed by atoms with Crippen LogP contribution in [0.4, 0.5) is 4.79 Å². The van der Waals surface area contributed by atoms with Crippen LogP contribution in [0.3, 0.4) is 0 Å². The normalized spacial score (nSPS) is 16.3. The van der Waals surface area contributed by atoms with Gasteiger partial charge in [-0.1, -0.05) is 36.3 Å². The Labute approximate surface area is 166 Å². The highest BCUT2D eigenvalue weighted by Gasteiger charge is 2.41. The van der Waals surface area contributed by atoms with Gasteiger partial charge in [-0.15, -0.1) is 6.42 Å². The van der Waals surface area contributed by atoms with Crippen molar-refractivity contribution in [2.75, 3.05) is 13.7 Å². The minimum Gasteiger partial charge on any atom is -0.480 e. The first-order valence-corrected chi connectivity index (χ1v) is 9.22. The molecule has 142 valence electrons. The number of carbonyl (C=O) groups excluding carboxylic acids is 3. The molecule has 6 nitrogen and oxygen atoms in total. The summed E-state index contributed by atoms with van der Waals surface area (Å²) in [7, 11) is 1.21. The monoisotopic (exact) mass is 395 g/mol. The summed E-state index contributed by atoms with van der Waals surface area (Å²) < 4.78 is 10.3. The van der Waals surface area contributed by atoms with Gasteiger partial charge in [-0.3, -0.25) is 14.5 Å². The molecule has 3 rings (SSSR count). The molecular formula is C21H17NO5S. The van der Waals surface area contributed by atoms with Gasteiger partial charge in [0.25, 0.3) is 11.1 Å². The molecule has 1 heterocycles. The first-order chi connectivity index (χ1) is 13.5. The van der Waals surface area contributed by atoms with Crippen LogP contribution < -0.4 is 4.74 Å². The fourth-order valence-electron chi connectivity index (χ4n) is 2.89. The Bertz CT molecular complexity index is 1040. The number of hydrogen-bond donors (Lipinski definition) is 0. The lowest BCUT2D eigenvalue weighted by atomic mass is 10.0. The summed E-state index contributed by atoms with van der Waals surface area (Å²) in [5, 5.41) is 1.27. The van der Waals surface area contributed by atoms with Crippen LogP contribution >= 0.6 is 11.8 Å². The maximum Gasteiger partial charge on any atom is 0.328 e. The van der Waals surface area contributed by atoms with Crippen molar-refractivity contribution in [1.29, 1.82) is 0 Å². The number of hydrogen-bond acceptors (Lipinski definition) is 6. The molecule has 2 aromatic carbocycles. The molecule has 1 aliphatic heterocycles. The highest BCUT2D eigenvalue weighted by Crippen LogP contribution is 2.37. The van der Waals surface area contributed by atoms with E-state index in [1.807, 2.05) is 30.3 Å². The predicted molar refractivity (Wildman–Crippen MR) is 108 cm³/mol.